The summed E-state index contributed by atoms with van der Waals surface area (Å²) in [6, 6.07) is 12.2. The number of pyridine rings is 1. The van der Waals surface area contributed by atoms with Crippen molar-refractivity contribution in [1.29, 1.82) is 0 Å². The molecule has 0 saturated heterocycles. The summed E-state index contributed by atoms with van der Waals surface area (Å²) in [6.45, 7) is 6.57. The molecular formula is C22H24N4O. The molecule has 1 N–H and O–H groups in total. The van der Waals surface area contributed by atoms with Crippen LogP contribution >= 0.6 is 0 Å². The van der Waals surface area contributed by atoms with Crippen LogP contribution < -0.4 is 5.32 Å². The zero-order valence-corrected chi connectivity index (χ0v) is 15.9. The Morgan fingerprint density at radius 1 is 1.00 bits per heavy atom. The molecule has 0 aliphatic carbocycles. The maximum absolute atomic E-state index is 12.2. The van der Waals surface area contributed by atoms with Crippen LogP contribution in [0.2, 0.25) is 0 Å². The fraction of sp³-hybridized carbons (Fsp3) is 0.273. The van der Waals surface area contributed by atoms with Crippen LogP contribution in [0.1, 0.15) is 38.3 Å². The summed E-state index contributed by atoms with van der Waals surface area (Å²) in [6.07, 6.45) is 7.74. The van der Waals surface area contributed by atoms with Crippen LogP contribution in [0.4, 0.5) is 5.82 Å². The number of carbonyl (C=O) groups excluding carboxylic acids is 1. The van der Waals surface area contributed by atoms with Gasteiger partial charge in [-0.15, -0.1) is 0 Å². The highest BCUT2D eigenvalue weighted by atomic mass is 16.1. The van der Waals surface area contributed by atoms with Gasteiger partial charge in [0.1, 0.15) is 0 Å². The van der Waals surface area contributed by atoms with E-state index < -0.39 is 0 Å². The molecule has 1 aromatic carbocycles. The average Bonchev–Trinajstić information content (AvgIpc) is 2.67. The number of aromatic nitrogens is 3. The van der Waals surface area contributed by atoms with Gasteiger partial charge in [-0.1, -0.05) is 45.0 Å². The molecular weight excluding hydrogens is 336 g/mol. The molecule has 5 heteroatoms. The van der Waals surface area contributed by atoms with Crippen molar-refractivity contribution in [1.82, 2.24) is 15.0 Å². The van der Waals surface area contributed by atoms with Crippen LogP contribution in [0.15, 0.2) is 61.2 Å². The normalized spacial score (nSPS) is 11.2. The predicted molar refractivity (Wildman–Crippen MR) is 107 cm³/mol. The number of nitrogens with zero attached hydrogens (tertiary/aromatic N) is 3. The van der Waals surface area contributed by atoms with E-state index in [0.29, 0.717) is 18.7 Å². The van der Waals surface area contributed by atoms with Crippen LogP contribution in [-0.4, -0.2) is 20.9 Å². The van der Waals surface area contributed by atoms with Gasteiger partial charge in [-0.2, -0.15) is 0 Å². The lowest BCUT2D eigenvalue weighted by atomic mass is 9.86. The van der Waals surface area contributed by atoms with Crippen molar-refractivity contribution in [3.63, 3.8) is 0 Å². The molecule has 0 aliphatic heterocycles. The van der Waals surface area contributed by atoms with E-state index in [9.17, 15) is 4.79 Å². The lowest BCUT2D eigenvalue weighted by Crippen LogP contribution is -2.14. The zero-order chi connectivity index (χ0) is 19.3. The van der Waals surface area contributed by atoms with E-state index in [-0.39, 0.29) is 11.3 Å². The Kier molecular flexibility index (Phi) is 5.60. The van der Waals surface area contributed by atoms with Crippen LogP contribution in [0.25, 0.3) is 11.3 Å². The van der Waals surface area contributed by atoms with Gasteiger partial charge in [-0.25, -0.2) is 4.98 Å². The molecule has 138 valence electrons. The zero-order valence-electron chi connectivity index (χ0n) is 15.9. The third kappa shape index (κ3) is 5.20. The van der Waals surface area contributed by atoms with E-state index >= 15 is 0 Å². The molecule has 27 heavy (non-hydrogen) atoms. The first-order chi connectivity index (χ1) is 12.9. The smallest absolute Gasteiger partial charge is 0.225 e. The van der Waals surface area contributed by atoms with Gasteiger partial charge < -0.3 is 5.32 Å². The fourth-order valence-corrected chi connectivity index (χ4v) is 2.69. The van der Waals surface area contributed by atoms with Crippen molar-refractivity contribution in [2.75, 3.05) is 5.32 Å². The molecule has 5 nitrogen and oxygen atoms in total. The minimum atomic E-state index is -0.0710. The maximum atomic E-state index is 12.2. The predicted octanol–water partition coefficient (Wildman–Crippen LogP) is 4.41. The lowest BCUT2D eigenvalue weighted by molar-refractivity contribution is -0.116. The van der Waals surface area contributed by atoms with E-state index in [1.54, 1.807) is 24.8 Å². The van der Waals surface area contributed by atoms with Gasteiger partial charge in [0.2, 0.25) is 5.91 Å². The summed E-state index contributed by atoms with van der Waals surface area (Å²) in [7, 11) is 0. The van der Waals surface area contributed by atoms with Gasteiger partial charge in [0.05, 0.1) is 18.1 Å². The van der Waals surface area contributed by atoms with Crippen molar-refractivity contribution in [3.8, 4) is 11.3 Å². The number of rotatable bonds is 5. The van der Waals surface area contributed by atoms with Crippen molar-refractivity contribution in [2.45, 2.75) is 39.0 Å². The maximum Gasteiger partial charge on any atom is 0.225 e. The molecule has 0 atom stereocenters. The number of amides is 1. The summed E-state index contributed by atoms with van der Waals surface area (Å²) in [5.41, 5.74) is 4.19. The Bertz CT molecular complexity index is 882. The van der Waals surface area contributed by atoms with Crippen LogP contribution in [0.5, 0.6) is 0 Å². The summed E-state index contributed by atoms with van der Waals surface area (Å²) >= 11 is 0. The standard InChI is InChI=1S/C22H24N4O/c1-22(2,3)18-9-6-16(7-10-18)8-11-21(27)26-20-15-24-19(14-25-20)17-5-4-12-23-13-17/h4-7,9-10,12-15H,8,11H2,1-3H3,(H,25,26,27). The third-order valence-electron chi connectivity index (χ3n) is 4.34. The Labute approximate surface area is 159 Å². The van der Waals surface area contributed by atoms with E-state index in [2.05, 4.69) is 65.3 Å². The summed E-state index contributed by atoms with van der Waals surface area (Å²) in [5.74, 6) is 0.383. The average molecular weight is 360 g/mol. The molecule has 0 aliphatic rings. The largest absolute Gasteiger partial charge is 0.309 e. The second-order valence-corrected chi connectivity index (χ2v) is 7.52. The van der Waals surface area contributed by atoms with Crippen LogP contribution in [0.3, 0.4) is 0 Å². The second-order valence-electron chi connectivity index (χ2n) is 7.52. The minimum absolute atomic E-state index is 0.0710. The first-order valence-electron chi connectivity index (χ1n) is 9.03. The van der Waals surface area contributed by atoms with Gasteiger partial charge in [-0.3, -0.25) is 14.8 Å². The lowest BCUT2D eigenvalue weighted by Gasteiger charge is -2.19. The SMILES string of the molecule is CC(C)(C)c1ccc(CCC(=O)Nc2cnc(-c3cccnc3)cn2)cc1. The van der Waals surface area contributed by atoms with Crippen molar-refractivity contribution >= 4 is 11.7 Å². The fourth-order valence-electron chi connectivity index (χ4n) is 2.69. The molecule has 1 amide bonds. The first kappa shape index (κ1) is 18.7. The Hall–Kier alpha value is -3.08. The summed E-state index contributed by atoms with van der Waals surface area (Å²) in [5, 5.41) is 2.80. The summed E-state index contributed by atoms with van der Waals surface area (Å²) in [4.78, 5) is 24.8. The van der Waals surface area contributed by atoms with E-state index in [1.807, 2.05) is 12.1 Å². The second kappa shape index (κ2) is 8.08. The van der Waals surface area contributed by atoms with Gasteiger partial charge in [0, 0.05) is 24.4 Å². The molecule has 3 rings (SSSR count). The number of hydrogen-bond donors (Lipinski definition) is 1. The number of anilines is 1. The Morgan fingerprint density at radius 2 is 1.78 bits per heavy atom. The highest BCUT2D eigenvalue weighted by Crippen LogP contribution is 2.22. The number of carbonyl (C=O) groups is 1. The van der Waals surface area contributed by atoms with E-state index in [4.69, 9.17) is 0 Å². The van der Waals surface area contributed by atoms with Gasteiger partial charge in [0.25, 0.3) is 0 Å². The monoisotopic (exact) mass is 360 g/mol. The highest BCUT2D eigenvalue weighted by molar-refractivity contribution is 5.89. The molecule has 0 saturated carbocycles. The van der Waals surface area contributed by atoms with Gasteiger partial charge in [0.15, 0.2) is 5.82 Å². The number of benzene rings is 1. The quantitative estimate of drug-likeness (QED) is 0.732. The molecule has 3 aromatic rings. The van der Waals surface area contributed by atoms with Gasteiger partial charge in [-0.05, 0) is 35.1 Å². The molecule has 2 heterocycles. The molecule has 0 fully saturated rings. The van der Waals surface area contributed by atoms with Crippen LogP contribution in [0, 0.1) is 0 Å². The number of aryl methyl sites for hydroxylation is 1. The molecule has 2 aromatic heterocycles. The third-order valence-corrected chi connectivity index (χ3v) is 4.34. The van der Waals surface area contributed by atoms with E-state index in [0.717, 1.165) is 16.8 Å². The Balaban J connectivity index is 1.53. The topological polar surface area (TPSA) is 67.8 Å². The first-order valence-corrected chi connectivity index (χ1v) is 9.03. The summed E-state index contributed by atoms with van der Waals surface area (Å²) < 4.78 is 0. The minimum Gasteiger partial charge on any atom is -0.309 e. The molecule has 0 spiro atoms. The molecule has 0 radical (unpaired) electrons. The van der Waals surface area contributed by atoms with Crippen molar-refractivity contribution in [2.24, 2.45) is 0 Å². The van der Waals surface area contributed by atoms with Crippen molar-refractivity contribution < 1.29 is 4.79 Å². The Morgan fingerprint density at radius 3 is 2.37 bits per heavy atom. The highest BCUT2D eigenvalue weighted by Gasteiger charge is 2.13. The van der Waals surface area contributed by atoms with Gasteiger partial charge >= 0.3 is 0 Å². The molecule has 0 unspecified atom stereocenters. The van der Waals surface area contributed by atoms with E-state index in [1.165, 1.54) is 5.56 Å². The number of nitrogens with one attached hydrogen (secondary N) is 1. The number of hydrogen-bond acceptors (Lipinski definition) is 4. The molecule has 0 bridgehead atoms. The van der Waals surface area contributed by atoms with Crippen LogP contribution in [-0.2, 0) is 16.6 Å². The van der Waals surface area contributed by atoms with Crippen molar-refractivity contribution in [3.05, 3.63) is 72.3 Å².